The molecule has 0 saturated heterocycles. The van der Waals surface area contributed by atoms with Gasteiger partial charge in [0.1, 0.15) is 0 Å². The lowest BCUT2D eigenvalue weighted by Crippen LogP contribution is -2.05. The Kier molecular flexibility index (Phi) is 4.22. The molecule has 0 aromatic heterocycles. The Bertz CT molecular complexity index is 429. The summed E-state index contributed by atoms with van der Waals surface area (Å²) in [5.74, 6) is 5.04. The average molecular weight is 249 g/mol. The van der Waals surface area contributed by atoms with Crippen molar-refractivity contribution in [1.82, 2.24) is 0 Å². The van der Waals surface area contributed by atoms with Crippen LogP contribution in [0, 0.1) is 11.8 Å². The Morgan fingerprint density at radius 1 is 1.25 bits per heavy atom. The molecule has 0 bridgehead atoms. The van der Waals surface area contributed by atoms with Crippen LogP contribution in [-0.2, 0) is 6.18 Å². The van der Waals surface area contributed by atoms with Crippen molar-refractivity contribution in [2.45, 2.75) is 12.6 Å². The first-order chi connectivity index (χ1) is 7.43. The van der Waals surface area contributed by atoms with Crippen molar-refractivity contribution >= 4 is 11.6 Å². The van der Waals surface area contributed by atoms with Gasteiger partial charge in [0.05, 0.1) is 12.2 Å². The number of halogens is 4. The normalized spacial score (nSPS) is 10.8. The van der Waals surface area contributed by atoms with Crippen LogP contribution in [0.15, 0.2) is 18.2 Å². The highest BCUT2D eigenvalue weighted by atomic mass is 35.5. The minimum atomic E-state index is -4.43. The second-order valence-electron chi connectivity index (χ2n) is 3.00. The average Bonchev–Trinajstić information content (AvgIpc) is 2.16. The van der Waals surface area contributed by atoms with E-state index in [-0.39, 0.29) is 23.6 Å². The maximum absolute atomic E-state index is 12.4. The zero-order chi connectivity index (χ0) is 12.2. The molecule has 16 heavy (non-hydrogen) atoms. The number of benzene rings is 1. The topological polar surface area (TPSA) is 20.2 Å². The van der Waals surface area contributed by atoms with Crippen LogP contribution in [0.5, 0.6) is 0 Å². The lowest BCUT2D eigenvalue weighted by Gasteiger charge is -2.07. The molecule has 86 valence electrons. The molecule has 0 unspecified atom stereocenters. The summed E-state index contributed by atoms with van der Waals surface area (Å²) >= 11 is 5.55. The second kappa shape index (κ2) is 5.24. The highest BCUT2D eigenvalue weighted by molar-refractivity contribution is 6.30. The molecule has 0 heterocycles. The molecule has 1 rings (SSSR count). The SMILES string of the molecule is OCCC#Cc1cc(Cl)cc(C(F)(F)F)c1. The summed E-state index contributed by atoms with van der Waals surface area (Å²) in [4.78, 5) is 0. The van der Waals surface area contributed by atoms with Gasteiger partial charge in [-0.2, -0.15) is 13.2 Å². The van der Waals surface area contributed by atoms with E-state index < -0.39 is 11.7 Å². The van der Waals surface area contributed by atoms with Gasteiger partial charge < -0.3 is 5.11 Å². The zero-order valence-corrected chi connectivity index (χ0v) is 8.86. The van der Waals surface area contributed by atoms with E-state index in [2.05, 4.69) is 11.8 Å². The fraction of sp³-hybridized carbons (Fsp3) is 0.273. The van der Waals surface area contributed by atoms with E-state index in [1.54, 1.807) is 0 Å². The third-order valence-corrected chi connectivity index (χ3v) is 1.91. The lowest BCUT2D eigenvalue weighted by molar-refractivity contribution is -0.137. The van der Waals surface area contributed by atoms with Crippen LogP contribution in [0.4, 0.5) is 13.2 Å². The molecule has 0 saturated carbocycles. The van der Waals surface area contributed by atoms with Crippen LogP contribution in [-0.4, -0.2) is 11.7 Å². The first kappa shape index (κ1) is 12.9. The number of rotatable bonds is 1. The molecule has 0 radical (unpaired) electrons. The van der Waals surface area contributed by atoms with Crippen LogP contribution in [0.3, 0.4) is 0 Å². The molecule has 0 amide bonds. The molecule has 1 N–H and O–H groups in total. The van der Waals surface area contributed by atoms with Crippen LogP contribution >= 0.6 is 11.6 Å². The smallest absolute Gasteiger partial charge is 0.395 e. The molecule has 0 fully saturated rings. The second-order valence-corrected chi connectivity index (χ2v) is 3.44. The number of alkyl halides is 3. The van der Waals surface area contributed by atoms with Gasteiger partial charge in [-0.15, -0.1) is 0 Å². The molecule has 0 aliphatic heterocycles. The first-order valence-corrected chi connectivity index (χ1v) is 4.79. The van der Waals surface area contributed by atoms with E-state index in [1.165, 1.54) is 6.07 Å². The largest absolute Gasteiger partial charge is 0.416 e. The van der Waals surface area contributed by atoms with E-state index in [0.29, 0.717) is 0 Å². The van der Waals surface area contributed by atoms with Gasteiger partial charge in [-0.3, -0.25) is 0 Å². The highest BCUT2D eigenvalue weighted by Crippen LogP contribution is 2.31. The molecular weight excluding hydrogens is 241 g/mol. The Labute approximate surface area is 95.8 Å². The van der Waals surface area contributed by atoms with E-state index in [0.717, 1.165) is 12.1 Å². The van der Waals surface area contributed by atoms with Gasteiger partial charge in [-0.05, 0) is 18.2 Å². The van der Waals surface area contributed by atoms with Crippen molar-refractivity contribution < 1.29 is 18.3 Å². The van der Waals surface area contributed by atoms with Crippen LogP contribution in [0.1, 0.15) is 17.5 Å². The number of hydrogen-bond donors (Lipinski definition) is 1. The summed E-state index contributed by atoms with van der Waals surface area (Å²) < 4.78 is 37.2. The summed E-state index contributed by atoms with van der Waals surface area (Å²) in [6.07, 6.45) is -4.22. The van der Waals surface area contributed by atoms with Crippen molar-refractivity contribution in [3.05, 3.63) is 34.3 Å². The van der Waals surface area contributed by atoms with Crippen LogP contribution in [0.25, 0.3) is 0 Å². The van der Waals surface area contributed by atoms with Crippen LogP contribution in [0.2, 0.25) is 5.02 Å². The molecule has 5 heteroatoms. The van der Waals surface area contributed by atoms with Crippen molar-refractivity contribution in [3.63, 3.8) is 0 Å². The first-order valence-electron chi connectivity index (χ1n) is 4.41. The number of aliphatic hydroxyl groups is 1. The van der Waals surface area contributed by atoms with Crippen molar-refractivity contribution in [3.8, 4) is 11.8 Å². The van der Waals surface area contributed by atoms with Crippen molar-refractivity contribution in [2.75, 3.05) is 6.61 Å². The van der Waals surface area contributed by atoms with Gasteiger partial charge in [0, 0.05) is 17.0 Å². The quantitative estimate of drug-likeness (QED) is 0.758. The maximum atomic E-state index is 12.4. The molecule has 0 atom stereocenters. The molecule has 0 aliphatic carbocycles. The van der Waals surface area contributed by atoms with Crippen molar-refractivity contribution in [2.24, 2.45) is 0 Å². The minimum absolute atomic E-state index is 0.0110. The van der Waals surface area contributed by atoms with Crippen LogP contribution < -0.4 is 0 Å². The highest BCUT2D eigenvalue weighted by Gasteiger charge is 2.30. The van der Waals surface area contributed by atoms with Gasteiger partial charge in [-0.1, -0.05) is 23.4 Å². The predicted molar refractivity (Wildman–Crippen MR) is 55.0 cm³/mol. The van der Waals surface area contributed by atoms with Gasteiger partial charge >= 0.3 is 6.18 Å². The van der Waals surface area contributed by atoms with E-state index in [9.17, 15) is 13.2 Å². The van der Waals surface area contributed by atoms with Gasteiger partial charge in [-0.25, -0.2) is 0 Å². The third kappa shape index (κ3) is 3.76. The molecule has 1 aromatic rings. The predicted octanol–water partition coefficient (Wildman–Crippen LogP) is 3.09. The fourth-order valence-electron chi connectivity index (χ4n) is 1.05. The Balaban J connectivity index is 3.05. The third-order valence-electron chi connectivity index (χ3n) is 1.69. The zero-order valence-electron chi connectivity index (χ0n) is 8.11. The summed E-state index contributed by atoms with van der Waals surface area (Å²) in [6.45, 7) is -0.125. The van der Waals surface area contributed by atoms with Gasteiger partial charge in [0.2, 0.25) is 0 Å². The van der Waals surface area contributed by atoms with Gasteiger partial charge in [0.25, 0.3) is 0 Å². The molecule has 0 aliphatic rings. The Hall–Kier alpha value is -1.18. The van der Waals surface area contributed by atoms with E-state index >= 15 is 0 Å². The summed E-state index contributed by atoms with van der Waals surface area (Å²) in [6, 6.07) is 3.12. The minimum Gasteiger partial charge on any atom is -0.395 e. The Morgan fingerprint density at radius 3 is 2.50 bits per heavy atom. The summed E-state index contributed by atoms with van der Waals surface area (Å²) in [5, 5.41) is 8.46. The maximum Gasteiger partial charge on any atom is 0.416 e. The molecular formula is C11H8ClF3O. The Morgan fingerprint density at radius 2 is 1.94 bits per heavy atom. The summed E-state index contributed by atoms with van der Waals surface area (Å²) in [7, 11) is 0. The van der Waals surface area contributed by atoms with Crippen molar-refractivity contribution in [1.29, 1.82) is 0 Å². The fourth-order valence-corrected chi connectivity index (χ4v) is 1.28. The lowest BCUT2D eigenvalue weighted by atomic mass is 10.1. The van der Waals surface area contributed by atoms with Gasteiger partial charge in [0.15, 0.2) is 0 Å². The number of hydrogen-bond acceptors (Lipinski definition) is 1. The standard InChI is InChI=1S/C11H8ClF3O/c12-10-6-8(3-1-2-4-16)5-9(7-10)11(13,14)15/h5-7,16H,2,4H2. The van der Waals surface area contributed by atoms with E-state index in [1.807, 2.05) is 0 Å². The number of aliphatic hydroxyl groups excluding tert-OH is 1. The molecule has 0 spiro atoms. The van der Waals surface area contributed by atoms with E-state index in [4.69, 9.17) is 16.7 Å². The molecule has 1 aromatic carbocycles. The molecule has 1 nitrogen and oxygen atoms in total. The monoisotopic (exact) mass is 248 g/mol. The summed E-state index contributed by atoms with van der Waals surface area (Å²) in [5.41, 5.74) is -0.637.